The number of carbonyl (C=O) groups excluding carboxylic acids is 6. The molecule has 1 fully saturated rings. The van der Waals surface area contributed by atoms with Gasteiger partial charge in [0.15, 0.2) is 6.61 Å². The summed E-state index contributed by atoms with van der Waals surface area (Å²) in [6.07, 6.45) is 1.25. The second-order valence-electron chi connectivity index (χ2n) is 9.18. The average molecular weight is 552 g/mol. The van der Waals surface area contributed by atoms with E-state index in [1.807, 2.05) is 0 Å². The highest BCUT2D eigenvalue weighted by Gasteiger charge is 2.46. The second-order valence-corrected chi connectivity index (χ2v) is 9.18. The molecule has 2 aromatic carbocycles. The molecule has 0 aromatic heterocycles. The number of carbonyl (C=O) groups is 6. The van der Waals surface area contributed by atoms with E-state index < -0.39 is 42.2 Å². The smallest absolute Gasteiger partial charge is 0.266 e. The maximum atomic E-state index is 13.1. The van der Waals surface area contributed by atoms with Crippen LogP contribution in [0.15, 0.2) is 36.4 Å². The zero-order valence-corrected chi connectivity index (χ0v) is 21.8. The fourth-order valence-corrected chi connectivity index (χ4v) is 4.43. The van der Waals surface area contributed by atoms with Crippen LogP contribution in [0.3, 0.4) is 0 Å². The van der Waals surface area contributed by atoms with E-state index in [0.717, 1.165) is 4.90 Å². The number of ether oxygens (including phenoxy) is 2. The maximum absolute atomic E-state index is 13.1. The van der Waals surface area contributed by atoms with Crippen molar-refractivity contribution in [2.45, 2.75) is 31.7 Å². The van der Waals surface area contributed by atoms with E-state index in [4.69, 9.17) is 15.2 Å². The molecule has 2 aliphatic rings. The summed E-state index contributed by atoms with van der Waals surface area (Å²) in [6.45, 7) is 0.335. The van der Waals surface area contributed by atoms with Gasteiger partial charge in [0.1, 0.15) is 17.5 Å². The number of rotatable bonds is 11. The van der Waals surface area contributed by atoms with Crippen LogP contribution in [-0.4, -0.2) is 73.2 Å². The summed E-state index contributed by atoms with van der Waals surface area (Å²) >= 11 is 0. The molecule has 40 heavy (non-hydrogen) atoms. The summed E-state index contributed by atoms with van der Waals surface area (Å²) in [5.41, 5.74) is 6.65. The summed E-state index contributed by atoms with van der Waals surface area (Å²) in [5.74, 6) is -2.79. The summed E-state index contributed by atoms with van der Waals surface area (Å²) in [6, 6.07) is 8.08. The second kappa shape index (κ2) is 12.3. The van der Waals surface area contributed by atoms with Crippen molar-refractivity contribution in [2.24, 2.45) is 0 Å². The molecule has 0 spiro atoms. The molecule has 4 rings (SSSR count). The van der Waals surface area contributed by atoms with Gasteiger partial charge in [0.2, 0.25) is 11.8 Å². The van der Waals surface area contributed by atoms with E-state index in [1.165, 1.54) is 25.3 Å². The summed E-state index contributed by atoms with van der Waals surface area (Å²) < 4.78 is 10.7. The highest BCUT2D eigenvalue weighted by molar-refractivity contribution is 6.24. The first kappa shape index (κ1) is 28.1. The van der Waals surface area contributed by atoms with Gasteiger partial charge in [0.25, 0.3) is 23.6 Å². The number of unbranched alkanes of at least 4 members (excludes halogenated alkanes) is 1. The Morgan fingerprint density at radius 2 is 1.77 bits per heavy atom. The van der Waals surface area contributed by atoms with E-state index in [9.17, 15) is 28.8 Å². The minimum atomic E-state index is -1.10. The molecular formula is C27H29N5O8. The predicted octanol–water partition coefficient (Wildman–Crippen LogP) is 0.384. The molecule has 0 bridgehead atoms. The van der Waals surface area contributed by atoms with Crippen LogP contribution in [0.25, 0.3) is 0 Å². The van der Waals surface area contributed by atoms with Gasteiger partial charge in [-0.05, 0) is 49.6 Å². The highest BCUT2D eigenvalue weighted by Crippen LogP contribution is 2.33. The topological polar surface area (TPSA) is 186 Å². The number of methoxy groups -OCH3 is 1. The van der Waals surface area contributed by atoms with E-state index >= 15 is 0 Å². The van der Waals surface area contributed by atoms with Crippen LogP contribution in [0, 0.1) is 0 Å². The van der Waals surface area contributed by atoms with Crippen LogP contribution >= 0.6 is 0 Å². The minimum absolute atomic E-state index is 0.0114. The summed E-state index contributed by atoms with van der Waals surface area (Å²) in [7, 11) is 1.47. The van der Waals surface area contributed by atoms with Crippen LogP contribution in [0.2, 0.25) is 0 Å². The Kier molecular flexibility index (Phi) is 8.62. The van der Waals surface area contributed by atoms with Gasteiger partial charge in [-0.25, -0.2) is 0 Å². The van der Waals surface area contributed by atoms with E-state index in [0.29, 0.717) is 42.9 Å². The van der Waals surface area contributed by atoms with Crippen molar-refractivity contribution in [1.29, 1.82) is 0 Å². The Balaban J connectivity index is 1.21. The Labute approximate surface area is 229 Å². The molecule has 1 unspecified atom stereocenters. The number of piperidine rings is 1. The van der Waals surface area contributed by atoms with Crippen molar-refractivity contribution >= 4 is 41.1 Å². The standard InChI is InChI=1S/C27H29N5O8/c1-39-20-13-15(7-8-17(20)28)24(35)30-12-3-2-11-29-22(34)14-40-19-6-4-5-16-23(19)27(38)32(26(16)37)18-9-10-21(33)31-25(18)36/h4-8,13,18H,2-3,9-12,14,28H2,1H3,(H,29,34)(H,30,35)(H,31,33,36). The van der Waals surface area contributed by atoms with E-state index in [-0.39, 0.29) is 35.6 Å². The molecule has 1 saturated heterocycles. The molecule has 13 nitrogen and oxygen atoms in total. The number of hydrogen-bond donors (Lipinski definition) is 4. The van der Waals surface area contributed by atoms with Crippen LogP contribution in [0.4, 0.5) is 5.69 Å². The molecule has 2 heterocycles. The average Bonchev–Trinajstić information content (AvgIpc) is 3.19. The Morgan fingerprint density at radius 3 is 2.50 bits per heavy atom. The molecule has 6 amide bonds. The third-order valence-electron chi connectivity index (χ3n) is 6.50. The van der Waals surface area contributed by atoms with Crippen LogP contribution < -0.4 is 31.2 Å². The molecule has 0 radical (unpaired) electrons. The van der Waals surface area contributed by atoms with Gasteiger partial charge in [-0.2, -0.15) is 0 Å². The molecular weight excluding hydrogens is 522 g/mol. The lowest BCUT2D eigenvalue weighted by Gasteiger charge is -2.27. The zero-order valence-electron chi connectivity index (χ0n) is 21.8. The van der Waals surface area contributed by atoms with Gasteiger partial charge >= 0.3 is 0 Å². The number of fused-ring (bicyclic) bond motifs is 1. The van der Waals surface area contributed by atoms with E-state index in [1.54, 1.807) is 18.2 Å². The van der Waals surface area contributed by atoms with Crippen molar-refractivity contribution < 1.29 is 38.2 Å². The molecule has 210 valence electrons. The number of amides is 6. The Hall–Kier alpha value is -4.94. The first-order valence-corrected chi connectivity index (χ1v) is 12.7. The van der Waals surface area contributed by atoms with Crippen molar-refractivity contribution in [1.82, 2.24) is 20.9 Å². The zero-order chi connectivity index (χ0) is 28.8. The van der Waals surface area contributed by atoms with Gasteiger partial charge < -0.3 is 25.8 Å². The highest BCUT2D eigenvalue weighted by atomic mass is 16.5. The van der Waals surface area contributed by atoms with Crippen LogP contribution in [0.5, 0.6) is 11.5 Å². The number of hydrogen-bond acceptors (Lipinski definition) is 9. The molecule has 5 N–H and O–H groups in total. The quantitative estimate of drug-likeness (QED) is 0.174. The number of nitrogens with zero attached hydrogens (tertiary/aromatic N) is 1. The van der Waals surface area contributed by atoms with Gasteiger partial charge in [-0.3, -0.25) is 39.0 Å². The van der Waals surface area contributed by atoms with Gasteiger partial charge in [0.05, 0.1) is 23.9 Å². The van der Waals surface area contributed by atoms with E-state index in [2.05, 4.69) is 16.0 Å². The third-order valence-corrected chi connectivity index (χ3v) is 6.50. The first-order valence-electron chi connectivity index (χ1n) is 12.7. The molecule has 0 saturated carbocycles. The number of nitrogens with one attached hydrogen (secondary N) is 3. The number of anilines is 1. The van der Waals surface area contributed by atoms with Crippen LogP contribution in [-0.2, 0) is 14.4 Å². The summed E-state index contributed by atoms with van der Waals surface area (Å²) in [5, 5.41) is 7.63. The molecule has 13 heteroatoms. The van der Waals surface area contributed by atoms with Crippen molar-refractivity contribution in [3.05, 3.63) is 53.1 Å². The fraction of sp³-hybridized carbons (Fsp3) is 0.333. The monoisotopic (exact) mass is 551 g/mol. The minimum Gasteiger partial charge on any atom is -0.495 e. The number of benzene rings is 2. The summed E-state index contributed by atoms with van der Waals surface area (Å²) in [4.78, 5) is 75.0. The van der Waals surface area contributed by atoms with Crippen molar-refractivity contribution in [2.75, 3.05) is 32.5 Å². The number of nitrogen functional groups attached to an aromatic ring is 1. The first-order chi connectivity index (χ1) is 19.2. The van der Waals surface area contributed by atoms with Crippen molar-refractivity contribution in [3.8, 4) is 11.5 Å². The molecule has 2 aromatic rings. The largest absolute Gasteiger partial charge is 0.495 e. The lowest BCUT2D eigenvalue weighted by atomic mass is 10.0. The molecule has 1 atom stereocenters. The van der Waals surface area contributed by atoms with Crippen molar-refractivity contribution in [3.63, 3.8) is 0 Å². The lowest BCUT2D eigenvalue weighted by molar-refractivity contribution is -0.136. The lowest BCUT2D eigenvalue weighted by Crippen LogP contribution is -2.54. The normalized spacial score (nSPS) is 16.3. The van der Waals surface area contributed by atoms with Gasteiger partial charge in [0, 0.05) is 25.1 Å². The third kappa shape index (κ3) is 6.03. The number of imide groups is 2. The van der Waals surface area contributed by atoms with Gasteiger partial charge in [-0.15, -0.1) is 0 Å². The Bertz CT molecular complexity index is 1370. The van der Waals surface area contributed by atoms with Gasteiger partial charge in [-0.1, -0.05) is 6.07 Å². The molecule has 2 aliphatic heterocycles. The predicted molar refractivity (Wildman–Crippen MR) is 141 cm³/mol. The maximum Gasteiger partial charge on any atom is 0.266 e. The van der Waals surface area contributed by atoms with Crippen LogP contribution in [0.1, 0.15) is 56.8 Å². The number of nitrogens with two attached hydrogens (primary N) is 1. The molecule has 0 aliphatic carbocycles. The fourth-order valence-electron chi connectivity index (χ4n) is 4.43. The SMILES string of the molecule is COc1cc(C(=O)NCCCCNC(=O)COc2cccc3c2C(=O)N(C2CCC(=O)NC2=O)C3=O)ccc1N. The Morgan fingerprint density at radius 1 is 1.02 bits per heavy atom.